The third kappa shape index (κ3) is 6.06. The number of carbonyl (C=O) groups is 3. The molecule has 3 aromatic rings. The van der Waals surface area contributed by atoms with Crippen LogP contribution >= 0.6 is 27.7 Å². The number of benzene rings is 3. The molecule has 1 amide bonds. The number of amides is 1. The third-order valence-electron chi connectivity index (χ3n) is 5.51. The molecule has 1 aliphatic rings. The van der Waals surface area contributed by atoms with Gasteiger partial charge < -0.3 is 19.7 Å². The van der Waals surface area contributed by atoms with E-state index in [4.69, 9.17) is 19.7 Å². The Morgan fingerprint density at radius 1 is 1.00 bits per heavy atom. The van der Waals surface area contributed by atoms with E-state index in [1.54, 1.807) is 49.5 Å². The first-order chi connectivity index (χ1) is 18.2. The molecule has 2 N–H and O–H groups in total. The van der Waals surface area contributed by atoms with Crippen molar-refractivity contribution in [1.82, 2.24) is 4.90 Å². The van der Waals surface area contributed by atoms with Gasteiger partial charge in [-0.25, -0.2) is 14.6 Å². The summed E-state index contributed by atoms with van der Waals surface area (Å²) >= 11 is 4.73. The summed E-state index contributed by atoms with van der Waals surface area (Å²) in [7, 11) is 3.13. The molecule has 0 atom stereocenters. The number of thioether (sulfide) groups is 1. The second kappa shape index (κ2) is 11.5. The monoisotopic (exact) mass is 596 g/mol. The molecule has 9 nitrogen and oxygen atoms in total. The summed E-state index contributed by atoms with van der Waals surface area (Å²) in [5, 5.41) is 18.6. The summed E-state index contributed by atoms with van der Waals surface area (Å²) in [6.45, 7) is 0.204. The summed E-state index contributed by atoms with van der Waals surface area (Å²) in [4.78, 5) is 41.3. The van der Waals surface area contributed by atoms with Crippen LogP contribution in [0.1, 0.15) is 31.8 Å². The van der Waals surface area contributed by atoms with Crippen LogP contribution in [0.2, 0.25) is 0 Å². The van der Waals surface area contributed by atoms with E-state index in [-0.39, 0.29) is 23.6 Å². The predicted octanol–water partition coefficient (Wildman–Crippen LogP) is 5.67. The van der Waals surface area contributed by atoms with Crippen LogP contribution in [-0.2, 0) is 11.4 Å². The van der Waals surface area contributed by atoms with Crippen molar-refractivity contribution in [3.63, 3.8) is 0 Å². The van der Waals surface area contributed by atoms with E-state index in [1.807, 2.05) is 0 Å². The number of likely N-dealkylation sites (N-methyl/N-ethyl adjacent to an activating group) is 1. The summed E-state index contributed by atoms with van der Waals surface area (Å²) in [6, 6.07) is 16.0. The van der Waals surface area contributed by atoms with E-state index < -0.39 is 11.9 Å². The minimum atomic E-state index is -1.02. The lowest BCUT2D eigenvalue weighted by atomic mass is 10.1. The van der Waals surface area contributed by atoms with Crippen molar-refractivity contribution in [3.8, 4) is 11.5 Å². The Bertz CT molecular complexity index is 1470. The number of amidine groups is 1. The average molecular weight is 597 g/mol. The lowest BCUT2D eigenvalue weighted by Gasteiger charge is -2.13. The second-order valence-corrected chi connectivity index (χ2v) is 9.90. The molecule has 11 heteroatoms. The lowest BCUT2D eigenvalue weighted by molar-refractivity contribution is -0.121. The number of aromatic carboxylic acids is 2. The van der Waals surface area contributed by atoms with E-state index in [0.717, 1.165) is 5.56 Å². The Balaban J connectivity index is 1.53. The van der Waals surface area contributed by atoms with Gasteiger partial charge in [-0.05, 0) is 77.5 Å². The lowest BCUT2D eigenvalue weighted by Crippen LogP contribution is -2.23. The van der Waals surface area contributed by atoms with Gasteiger partial charge in [-0.15, -0.1) is 0 Å². The largest absolute Gasteiger partial charge is 0.493 e. The highest BCUT2D eigenvalue weighted by molar-refractivity contribution is 9.10. The van der Waals surface area contributed by atoms with Crippen LogP contribution in [0.4, 0.5) is 5.69 Å². The van der Waals surface area contributed by atoms with Crippen LogP contribution in [0.15, 0.2) is 75.0 Å². The standard InChI is InChI=1S/C27H21BrN2O7S/c1-30-24(31)23(38-27(30)29-19-9-7-17(8-10-19)26(34)35)12-18-11-21(36-2)22(13-20(18)28)37-14-15-3-5-16(6-4-15)25(32)33/h3-13H,14H2,1-2H3,(H,32,33)(H,34,35)/b23-12-,29-27?. The van der Waals surface area contributed by atoms with E-state index in [9.17, 15) is 14.4 Å². The van der Waals surface area contributed by atoms with Crippen molar-refractivity contribution in [1.29, 1.82) is 0 Å². The molecule has 4 rings (SSSR count). The van der Waals surface area contributed by atoms with Crippen molar-refractivity contribution < 1.29 is 34.1 Å². The minimum Gasteiger partial charge on any atom is -0.493 e. The number of aliphatic imine (C=N–C) groups is 1. The molecule has 3 aromatic carbocycles. The number of rotatable bonds is 8. The summed E-state index contributed by atoms with van der Waals surface area (Å²) in [5.41, 5.74) is 2.36. The van der Waals surface area contributed by atoms with Gasteiger partial charge in [0.15, 0.2) is 16.7 Å². The fraction of sp³-hybridized carbons (Fsp3) is 0.111. The average Bonchev–Trinajstić information content (AvgIpc) is 3.16. The zero-order chi connectivity index (χ0) is 27.4. The number of hydrogen-bond donors (Lipinski definition) is 2. The van der Waals surface area contributed by atoms with E-state index in [0.29, 0.717) is 37.3 Å². The van der Waals surface area contributed by atoms with Crippen molar-refractivity contribution in [2.24, 2.45) is 4.99 Å². The highest BCUT2D eigenvalue weighted by atomic mass is 79.9. The summed E-state index contributed by atoms with van der Waals surface area (Å²) in [5.74, 6) is -1.32. The highest BCUT2D eigenvalue weighted by Crippen LogP contribution is 2.38. The van der Waals surface area contributed by atoms with E-state index in [2.05, 4.69) is 20.9 Å². The third-order valence-corrected chi connectivity index (χ3v) is 7.25. The molecule has 194 valence electrons. The van der Waals surface area contributed by atoms with Crippen molar-refractivity contribution in [2.45, 2.75) is 6.61 Å². The zero-order valence-corrected chi connectivity index (χ0v) is 22.6. The van der Waals surface area contributed by atoms with Gasteiger partial charge in [0.05, 0.1) is 28.8 Å². The van der Waals surface area contributed by atoms with Gasteiger partial charge in [0.1, 0.15) is 6.61 Å². The Morgan fingerprint density at radius 2 is 1.61 bits per heavy atom. The quantitative estimate of drug-likeness (QED) is 0.319. The van der Waals surface area contributed by atoms with E-state index >= 15 is 0 Å². The molecule has 0 unspecified atom stereocenters. The topological polar surface area (TPSA) is 126 Å². The number of halogens is 1. The first kappa shape index (κ1) is 27.0. The Labute approximate surface area is 230 Å². The molecule has 0 radical (unpaired) electrons. The predicted molar refractivity (Wildman–Crippen MR) is 147 cm³/mol. The zero-order valence-electron chi connectivity index (χ0n) is 20.2. The van der Waals surface area contributed by atoms with Gasteiger partial charge in [0.2, 0.25) is 0 Å². The highest BCUT2D eigenvalue weighted by Gasteiger charge is 2.30. The maximum Gasteiger partial charge on any atom is 0.335 e. The Morgan fingerprint density at radius 3 is 2.18 bits per heavy atom. The molecule has 0 aliphatic carbocycles. The van der Waals surface area contributed by atoms with Gasteiger partial charge in [-0.3, -0.25) is 9.69 Å². The molecule has 38 heavy (non-hydrogen) atoms. The van der Waals surface area contributed by atoms with Crippen LogP contribution < -0.4 is 9.47 Å². The first-order valence-electron chi connectivity index (χ1n) is 11.1. The Hall–Kier alpha value is -4.09. The van der Waals surface area contributed by atoms with Crippen LogP contribution in [0.5, 0.6) is 11.5 Å². The number of methoxy groups -OCH3 is 1. The van der Waals surface area contributed by atoms with Crippen LogP contribution in [-0.4, -0.2) is 52.3 Å². The van der Waals surface area contributed by atoms with Gasteiger partial charge in [-0.2, -0.15) is 0 Å². The van der Waals surface area contributed by atoms with Crippen molar-refractivity contribution >= 4 is 62.5 Å². The maximum atomic E-state index is 12.9. The summed E-state index contributed by atoms with van der Waals surface area (Å²) in [6.07, 6.45) is 1.72. The SMILES string of the molecule is COc1cc(/C=C2\SC(=Nc3ccc(C(=O)O)cc3)N(C)C2=O)c(Br)cc1OCc1ccc(C(=O)O)cc1. The van der Waals surface area contributed by atoms with Crippen LogP contribution in [0, 0.1) is 0 Å². The molecular formula is C27H21BrN2O7S. The Kier molecular flexibility index (Phi) is 8.18. The first-order valence-corrected chi connectivity index (χ1v) is 12.7. The molecule has 1 heterocycles. The number of ether oxygens (including phenoxy) is 2. The number of nitrogens with zero attached hydrogens (tertiary/aromatic N) is 2. The second-order valence-electron chi connectivity index (χ2n) is 8.04. The van der Waals surface area contributed by atoms with Gasteiger partial charge in [0.25, 0.3) is 5.91 Å². The van der Waals surface area contributed by atoms with Crippen LogP contribution in [0.3, 0.4) is 0 Å². The maximum absolute atomic E-state index is 12.9. The molecule has 0 aromatic heterocycles. The molecular weight excluding hydrogens is 576 g/mol. The molecule has 0 spiro atoms. The van der Waals surface area contributed by atoms with Gasteiger partial charge in [-0.1, -0.05) is 28.1 Å². The fourth-order valence-electron chi connectivity index (χ4n) is 3.42. The normalized spacial score (nSPS) is 15.2. The minimum absolute atomic E-state index is 0.153. The van der Waals surface area contributed by atoms with E-state index in [1.165, 1.54) is 48.0 Å². The molecule has 0 saturated carbocycles. The molecule has 1 aliphatic heterocycles. The van der Waals surface area contributed by atoms with Crippen molar-refractivity contribution in [2.75, 3.05) is 14.2 Å². The fourth-order valence-corrected chi connectivity index (χ4v) is 4.83. The van der Waals surface area contributed by atoms with Crippen LogP contribution in [0.25, 0.3) is 6.08 Å². The number of carboxylic acids is 2. The van der Waals surface area contributed by atoms with Gasteiger partial charge >= 0.3 is 11.9 Å². The number of hydrogen-bond acceptors (Lipinski definition) is 7. The summed E-state index contributed by atoms with van der Waals surface area (Å²) < 4.78 is 12.1. The number of carboxylic acid groups (broad SMARTS) is 2. The van der Waals surface area contributed by atoms with Gasteiger partial charge in [0, 0.05) is 11.5 Å². The smallest absolute Gasteiger partial charge is 0.335 e. The van der Waals surface area contributed by atoms with Crippen molar-refractivity contribution in [3.05, 3.63) is 92.3 Å². The number of carbonyl (C=O) groups excluding carboxylic acids is 1. The molecule has 1 fully saturated rings. The molecule has 0 bridgehead atoms. The molecule has 1 saturated heterocycles.